The monoisotopic (exact) mass is 884 g/mol. The summed E-state index contributed by atoms with van der Waals surface area (Å²) < 4.78 is 58.0. The molecule has 0 radical (unpaired) electrons. The first kappa shape index (κ1) is 47.4. The Morgan fingerprint density at radius 1 is 0.651 bits per heavy atom. The number of pyridine rings is 2. The SMILES string of the molecule is Cl.N[C@H]1CCCc2c(C(=O)Nc3ccc(F)c(F)c3)cccc21.O=C(N[C@H]1CCCc2c(C(=O)Nc3ccc(F)c(F)c3)cccc21)OCc1ccccn1.OCc1ccccn1. The third-order valence-corrected chi connectivity index (χ3v) is 10.2. The van der Waals surface area contributed by atoms with Gasteiger partial charge in [0.25, 0.3) is 11.8 Å². The fourth-order valence-corrected chi connectivity index (χ4v) is 7.15. The van der Waals surface area contributed by atoms with Gasteiger partial charge in [-0.15, -0.1) is 12.4 Å². The molecule has 328 valence electrons. The van der Waals surface area contributed by atoms with Crippen LogP contribution in [0, 0.1) is 23.3 Å². The van der Waals surface area contributed by atoms with Crippen molar-refractivity contribution in [3.05, 3.63) is 190 Å². The van der Waals surface area contributed by atoms with E-state index in [1.807, 2.05) is 30.3 Å². The van der Waals surface area contributed by atoms with Crippen molar-refractivity contribution in [3.63, 3.8) is 0 Å². The summed E-state index contributed by atoms with van der Waals surface area (Å²) in [4.78, 5) is 45.5. The average molecular weight is 885 g/mol. The zero-order chi connectivity index (χ0) is 44.0. The standard InChI is InChI=1S/C24H21F2N3O3.C17H16F2N2O.C6H7NO.ClH/c25-20-11-10-15(13-21(20)26)28-23(30)19-8-3-7-18-17(19)6-4-9-22(18)29-24(31)32-14-16-5-1-2-12-27-16;18-14-8-7-10(9-15(14)19)21-17(22)13-5-1-4-12-11(13)3-2-6-16(12)20;8-5-6-3-1-2-4-7-6;/h1-3,5,7-8,10-13,22H,4,6,9,14H2,(H,28,30)(H,29,31);1,4-5,7-9,16H,2-3,6,20H2,(H,21,22);1-4,8H,5H2;1H/t22-;16-;;/m00../s1. The van der Waals surface area contributed by atoms with Crippen LogP contribution in [0.15, 0.2) is 122 Å². The van der Waals surface area contributed by atoms with Crippen molar-refractivity contribution in [2.45, 2.75) is 63.8 Å². The van der Waals surface area contributed by atoms with Crippen molar-refractivity contribution in [2.24, 2.45) is 5.73 Å². The van der Waals surface area contributed by atoms with E-state index in [2.05, 4.69) is 25.9 Å². The summed E-state index contributed by atoms with van der Waals surface area (Å²) in [5.41, 5.74) is 12.4. The number of halogens is 5. The Morgan fingerprint density at radius 2 is 1.17 bits per heavy atom. The predicted molar refractivity (Wildman–Crippen MR) is 232 cm³/mol. The Labute approximate surface area is 367 Å². The normalized spacial score (nSPS) is 14.6. The molecule has 0 unspecified atom stereocenters. The molecule has 2 aliphatic rings. The zero-order valence-corrected chi connectivity index (χ0v) is 34.6. The molecule has 0 bridgehead atoms. The number of rotatable bonds is 8. The van der Waals surface area contributed by atoms with Crippen LogP contribution in [0.3, 0.4) is 0 Å². The smallest absolute Gasteiger partial charge is 0.408 e. The van der Waals surface area contributed by atoms with Crippen molar-refractivity contribution in [1.82, 2.24) is 15.3 Å². The molecule has 8 rings (SSSR count). The number of anilines is 2. The molecule has 63 heavy (non-hydrogen) atoms. The molecule has 0 saturated heterocycles. The molecule has 16 heteroatoms. The number of ether oxygens (including phenoxy) is 1. The fourth-order valence-electron chi connectivity index (χ4n) is 7.15. The first-order valence-corrected chi connectivity index (χ1v) is 19.9. The minimum atomic E-state index is -1.04. The van der Waals surface area contributed by atoms with E-state index in [-0.39, 0.29) is 55.0 Å². The van der Waals surface area contributed by atoms with Crippen LogP contribution in [0.25, 0.3) is 0 Å². The van der Waals surface area contributed by atoms with E-state index >= 15 is 0 Å². The lowest BCUT2D eigenvalue weighted by Gasteiger charge is -2.27. The number of aliphatic hydroxyl groups excluding tert-OH is 1. The summed E-state index contributed by atoms with van der Waals surface area (Å²) in [5, 5.41) is 16.5. The Kier molecular flexibility index (Phi) is 17.3. The number of hydrogen-bond donors (Lipinski definition) is 5. The molecule has 6 N–H and O–H groups in total. The molecule has 2 aliphatic carbocycles. The number of hydrogen-bond acceptors (Lipinski definition) is 8. The summed E-state index contributed by atoms with van der Waals surface area (Å²) >= 11 is 0. The van der Waals surface area contributed by atoms with Gasteiger partial charge < -0.3 is 31.5 Å². The molecule has 0 aliphatic heterocycles. The number of aromatic nitrogens is 2. The first-order valence-electron chi connectivity index (χ1n) is 19.9. The molecule has 11 nitrogen and oxygen atoms in total. The number of nitrogens with one attached hydrogen (secondary N) is 3. The number of alkyl carbamates (subject to hydrolysis) is 1. The van der Waals surface area contributed by atoms with Gasteiger partial charge in [-0.25, -0.2) is 22.4 Å². The Hall–Kier alpha value is -6.68. The number of aliphatic hydroxyl groups is 1. The van der Waals surface area contributed by atoms with Crippen LogP contribution in [0.2, 0.25) is 0 Å². The van der Waals surface area contributed by atoms with Crippen molar-refractivity contribution in [1.29, 1.82) is 0 Å². The lowest BCUT2D eigenvalue weighted by molar-refractivity contribution is 0.101. The molecule has 0 fully saturated rings. The molecule has 2 atom stereocenters. The molecule has 4 aromatic carbocycles. The van der Waals surface area contributed by atoms with E-state index in [1.165, 1.54) is 12.1 Å². The maximum Gasteiger partial charge on any atom is 0.408 e. The average Bonchev–Trinajstić information content (AvgIpc) is 3.29. The van der Waals surface area contributed by atoms with Gasteiger partial charge in [-0.2, -0.15) is 0 Å². The Bertz CT molecular complexity index is 2500. The number of nitrogens with zero attached hydrogens (tertiary/aromatic N) is 2. The van der Waals surface area contributed by atoms with Gasteiger partial charge in [-0.1, -0.05) is 36.4 Å². The highest BCUT2D eigenvalue weighted by Crippen LogP contribution is 2.33. The second kappa shape index (κ2) is 23.0. The fraction of sp³-hybridized carbons (Fsp3) is 0.213. The van der Waals surface area contributed by atoms with Crippen LogP contribution < -0.4 is 21.7 Å². The molecule has 2 heterocycles. The van der Waals surface area contributed by atoms with Crippen LogP contribution in [-0.2, 0) is 30.8 Å². The lowest BCUT2D eigenvalue weighted by Crippen LogP contribution is -2.32. The van der Waals surface area contributed by atoms with Gasteiger partial charge in [0.2, 0.25) is 0 Å². The van der Waals surface area contributed by atoms with E-state index in [0.29, 0.717) is 35.4 Å². The summed E-state index contributed by atoms with van der Waals surface area (Å²) in [6.07, 6.45) is 7.50. The molecule has 2 aromatic heterocycles. The van der Waals surface area contributed by atoms with E-state index < -0.39 is 35.3 Å². The predicted octanol–water partition coefficient (Wildman–Crippen LogP) is 9.46. The number of benzene rings is 4. The third kappa shape index (κ3) is 12.9. The number of amides is 3. The largest absolute Gasteiger partial charge is 0.443 e. The molecule has 6 aromatic rings. The van der Waals surface area contributed by atoms with Crippen molar-refractivity contribution in [2.75, 3.05) is 10.6 Å². The number of nitrogens with two attached hydrogens (primary N) is 1. The quantitative estimate of drug-likeness (QED) is 0.0943. The van der Waals surface area contributed by atoms with Crippen molar-refractivity contribution in [3.8, 4) is 0 Å². The molecule has 0 spiro atoms. The zero-order valence-electron chi connectivity index (χ0n) is 33.8. The number of carbonyl (C=O) groups excluding carboxylic acids is 3. The first-order chi connectivity index (χ1) is 30.0. The Morgan fingerprint density at radius 3 is 1.68 bits per heavy atom. The highest BCUT2D eigenvalue weighted by molar-refractivity contribution is 6.06. The van der Waals surface area contributed by atoms with Gasteiger partial charge in [0.15, 0.2) is 23.3 Å². The number of carbonyl (C=O) groups is 3. The summed E-state index contributed by atoms with van der Waals surface area (Å²) in [5.74, 6) is -4.71. The van der Waals surface area contributed by atoms with E-state index in [1.54, 1.807) is 54.9 Å². The molecule has 0 saturated carbocycles. The summed E-state index contributed by atoms with van der Waals surface area (Å²) in [6.45, 7) is 0.0871. The topological polar surface area (TPSA) is 169 Å². The molecular weight excluding hydrogens is 840 g/mol. The highest BCUT2D eigenvalue weighted by Gasteiger charge is 2.27. The van der Waals surface area contributed by atoms with Crippen LogP contribution in [0.1, 0.15) is 92.1 Å². The van der Waals surface area contributed by atoms with Crippen molar-refractivity contribution < 1.29 is 41.8 Å². The number of fused-ring (bicyclic) bond motifs is 2. The van der Waals surface area contributed by atoms with Crippen LogP contribution >= 0.6 is 12.4 Å². The van der Waals surface area contributed by atoms with Gasteiger partial charge in [0, 0.05) is 53.1 Å². The minimum Gasteiger partial charge on any atom is -0.443 e. The maximum absolute atomic E-state index is 13.5. The van der Waals surface area contributed by atoms with Crippen LogP contribution in [-0.4, -0.2) is 33.0 Å². The van der Waals surface area contributed by atoms with Crippen LogP contribution in [0.5, 0.6) is 0 Å². The lowest BCUT2D eigenvalue weighted by atomic mass is 9.84. The van der Waals surface area contributed by atoms with Gasteiger partial charge in [-0.05, 0) is 121 Å². The van der Waals surface area contributed by atoms with Gasteiger partial charge >= 0.3 is 6.09 Å². The molecule has 3 amide bonds. The highest BCUT2D eigenvalue weighted by atomic mass is 35.5. The second-order valence-electron chi connectivity index (χ2n) is 14.4. The van der Waals surface area contributed by atoms with E-state index in [9.17, 15) is 31.9 Å². The van der Waals surface area contributed by atoms with Gasteiger partial charge in [0.1, 0.15) is 6.61 Å². The summed E-state index contributed by atoms with van der Waals surface area (Å²) in [7, 11) is 0. The van der Waals surface area contributed by atoms with Crippen molar-refractivity contribution >= 4 is 41.7 Å². The van der Waals surface area contributed by atoms with Gasteiger partial charge in [0.05, 0.1) is 24.0 Å². The molecular formula is C47H45ClF4N6O5. The van der Waals surface area contributed by atoms with E-state index in [4.69, 9.17) is 15.6 Å². The Balaban J connectivity index is 0.000000208. The van der Waals surface area contributed by atoms with Crippen LogP contribution in [0.4, 0.5) is 33.7 Å². The van der Waals surface area contributed by atoms with Gasteiger partial charge in [-0.3, -0.25) is 19.6 Å². The second-order valence-corrected chi connectivity index (χ2v) is 14.4. The maximum atomic E-state index is 13.5. The minimum absolute atomic E-state index is 0. The van der Waals surface area contributed by atoms with E-state index in [0.717, 1.165) is 72.2 Å². The summed E-state index contributed by atoms with van der Waals surface area (Å²) in [6, 6.07) is 27.7. The third-order valence-electron chi connectivity index (χ3n) is 10.2.